The van der Waals surface area contributed by atoms with E-state index in [1.807, 2.05) is 13.8 Å². The molecule has 28 heavy (non-hydrogen) atoms. The number of aliphatic carboxylic acids is 1. The number of aliphatic hydroxyl groups excluding tert-OH is 1. The van der Waals surface area contributed by atoms with Gasteiger partial charge in [-0.05, 0) is 0 Å². The molecule has 0 bridgehead atoms. The van der Waals surface area contributed by atoms with Gasteiger partial charge in [-0.25, -0.2) is 0 Å². The zero-order chi connectivity index (χ0) is 21.7. The first-order valence-corrected chi connectivity index (χ1v) is 12.2. The summed E-state index contributed by atoms with van der Waals surface area (Å²) in [5, 5.41) is 27.8. The fourth-order valence-corrected chi connectivity index (χ4v) is 3.23. The molecule has 0 aliphatic rings. The topological polar surface area (TPSA) is 111 Å². The molecule has 166 valence electrons. The second-order valence-corrected chi connectivity index (χ2v) is 9.87. The molecule has 0 heterocycles. The molecule has 0 aliphatic heterocycles. The van der Waals surface area contributed by atoms with Crippen LogP contribution in [0, 0.1) is 11.8 Å². The van der Waals surface area contributed by atoms with E-state index < -0.39 is 18.1 Å². The van der Waals surface area contributed by atoms with Gasteiger partial charge in [0.2, 0.25) is 0 Å². The predicted octanol–water partition coefficient (Wildman–Crippen LogP) is 0.298. The number of aliphatic hydroxyl groups is 1. The van der Waals surface area contributed by atoms with Crippen molar-refractivity contribution in [2.45, 2.75) is 69.8 Å². The van der Waals surface area contributed by atoms with Crippen LogP contribution in [-0.2, 0) is 9.59 Å². The van der Waals surface area contributed by atoms with E-state index in [-0.39, 0.29) is 30.9 Å². The summed E-state index contributed by atoms with van der Waals surface area (Å²) in [4.78, 5) is 24.0. The van der Waals surface area contributed by atoms with Crippen LogP contribution in [0.25, 0.3) is 0 Å². The van der Waals surface area contributed by atoms with Gasteiger partial charge in [0.15, 0.2) is 0 Å². The first-order chi connectivity index (χ1) is 13.2. The Balaban J connectivity index is 5.07. The van der Waals surface area contributed by atoms with Crippen molar-refractivity contribution in [2.75, 3.05) is 25.4 Å². The van der Waals surface area contributed by atoms with Crippen LogP contribution < -0.4 is 16.0 Å². The summed E-state index contributed by atoms with van der Waals surface area (Å²) in [6, 6.07) is -1.34. The summed E-state index contributed by atoms with van der Waals surface area (Å²) in [6.45, 7) is 9.56. The van der Waals surface area contributed by atoms with Crippen molar-refractivity contribution >= 4 is 41.4 Å². The third-order valence-corrected chi connectivity index (χ3v) is 7.58. The molecule has 0 rings (SSSR count). The number of rotatable bonds is 16. The third-order valence-electron chi connectivity index (χ3n) is 5.29. The Labute approximate surface area is 184 Å². The predicted molar refractivity (Wildman–Crippen MR) is 120 cm³/mol. The molecule has 0 fully saturated rings. The van der Waals surface area contributed by atoms with Gasteiger partial charge in [0.05, 0.1) is 0 Å². The van der Waals surface area contributed by atoms with Gasteiger partial charge >= 0.3 is 179 Å². The third kappa shape index (κ3) is 10.5. The van der Waals surface area contributed by atoms with Crippen molar-refractivity contribution in [1.29, 1.82) is 0 Å². The number of hydrogen-bond donors (Lipinski definition) is 6. The first-order valence-electron chi connectivity index (χ1n) is 10.2. The molecule has 0 saturated heterocycles. The van der Waals surface area contributed by atoms with E-state index in [0.29, 0.717) is 17.2 Å². The van der Waals surface area contributed by atoms with Crippen LogP contribution in [-0.4, -0.2) is 82.5 Å². The van der Waals surface area contributed by atoms with E-state index in [1.54, 1.807) is 16.9 Å². The van der Waals surface area contributed by atoms with E-state index in [4.69, 9.17) is 5.11 Å². The van der Waals surface area contributed by atoms with Gasteiger partial charge in [-0.3, -0.25) is 0 Å². The molecule has 1 amide bonds. The Hall–Kier alpha value is -0.272. The molecule has 0 spiro atoms. The van der Waals surface area contributed by atoms with E-state index in [9.17, 15) is 14.7 Å². The number of hydrogen-bond acceptors (Lipinski definition) is 6. The molecule has 0 aromatic rings. The zero-order valence-electron chi connectivity index (χ0n) is 17.6. The molecule has 5 N–H and O–H groups in total. The summed E-state index contributed by atoms with van der Waals surface area (Å²) in [6.07, 6.45) is 1.82. The Morgan fingerprint density at radius 2 is 1.68 bits per heavy atom. The second kappa shape index (κ2) is 15.6. The molecule has 0 aromatic carbocycles. The van der Waals surface area contributed by atoms with Gasteiger partial charge in [-0.1, -0.05) is 0 Å². The first kappa shape index (κ1) is 27.7. The van der Waals surface area contributed by atoms with Crippen LogP contribution in [0.3, 0.4) is 0 Å². The maximum absolute atomic E-state index is 12.8. The molecule has 7 atom stereocenters. The molecule has 0 radical (unpaired) electrons. The Morgan fingerprint density at radius 3 is 2.14 bits per heavy atom. The van der Waals surface area contributed by atoms with E-state index in [0.717, 1.165) is 25.1 Å². The summed E-state index contributed by atoms with van der Waals surface area (Å²) in [7, 11) is 0. The molecule has 7 nitrogen and oxygen atoms in total. The standard InChI is InChI=1S/C19H40AsN3O4S/c1-5-12(3)16(21-9-14(20)11-28)10-22-17(13(4)6-2)18(25)23-15(7-8-24)19(26)27/h12-17,21-22,24,28H,5-11,20H2,1-4H3,(H,23,25)(H,26,27)/t12-,13-,14+,15-,16+,17-/m0/s1. The Bertz CT molecular complexity index is 459. The van der Waals surface area contributed by atoms with Crippen molar-refractivity contribution in [1.82, 2.24) is 16.0 Å². The monoisotopic (exact) mass is 481 g/mol. The minimum absolute atomic E-state index is 0.00524. The van der Waals surface area contributed by atoms with E-state index in [2.05, 4.69) is 42.4 Å². The SMILES string of the molecule is CC[C@H](C)[C@H](NC[C@@H](NC[C@@H]([AsH2])CS)[C@@H](C)CC)C(=O)N[C@@H](CCO)C(=O)O. The summed E-state index contributed by atoms with van der Waals surface area (Å²) in [5.41, 5.74) is 0. The number of carbonyl (C=O) groups excluding carboxylic acids is 1. The van der Waals surface area contributed by atoms with Gasteiger partial charge in [0.1, 0.15) is 0 Å². The number of nitrogens with one attached hydrogen (secondary N) is 3. The van der Waals surface area contributed by atoms with Crippen LogP contribution in [0.5, 0.6) is 0 Å². The van der Waals surface area contributed by atoms with Crippen LogP contribution in [0.4, 0.5) is 0 Å². The van der Waals surface area contributed by atoms with Gasteiger partial charge < -0.3 is 5.11 Å². The minimum atomic E-state index is -1.13. The molecule has 9 heteroatoms. The average Bonchev–Trinajstić information content (AvgIpc) is 2.68. The summed E-state index contributed by atoms with van der Waals surface area (Å²) in [5.74, 6) is -0.125. The number of amides is 1. The van der Waals surface area contributed by atoms with Gasteiger partial charge in [0, 0.05) is 0 Å². The summed E-state index contributed by atoms with van der Waals surface area (Å²) < 4.78 is 0.519. The van der Waals surface area contributed by atoms with Crippen molar-refractivity contribution < 1.29 is 19.8 Å². The summed E-state index contributed by atoms with van der Waals surface area (Å²) >= 11 is 6.02. The molecular weight excluding hydrogens is 441 g/mol. The van der Waals surface area contributed by atoms with Crippen molar-refractivity contribution in [3.8, 4) is 0 Å². The fourth-order valence-electron chi connectivity index (χ4n) is 2.82. The Morgan fingerprint density at radius 1 is 1.07 bits per heavy atom. The molecular formula is C19H40AsN3O4S. The Kier molecular flexibility index (Phi) is 15.4. The van der Waals surface area contributed by atoms with E-state index >= 15 is 0 Å². The molecule has 0 aromatic heterocycles. The van der Waals surface area contributed by atoms with Crippen molar-refractivity contribution in [3.63, 3.8) is 0 Å². The van der Waals surface area contributed by atoms with Crippen LogP contribution in [0.15, 0.2) is 0 Å². The normalized spacial score (nSPS) is 18.0. The van der Waals surface area contributed by atoms with Crippen LogP contribution in [0.2, 0.25) is 4.71 Å². The van der Waals surface area contributed by atoms with Crippen molar-refractivity contribution in [2.24, 2.45) is 11.8 Å². The molecule has 1 unspecified atom stereocenters. The number of carboxylic acid groups (broad SMARTS) is 1. The van der Waals surface area contributed by atoms with Gasteiger partial charge in [-0.2, -0.15) is 0 Å². The molecule has 0 saturated carbocycles. The number of carbonyl (C=O) groups is 2. The number of thiol groups is 1. The van der Waals surface area contributed by atoms with Gasteiger partial charge in [0.25, 0.3) is 0 Å². The molecule has 0 aliphatic carbocycles. The van der Waals surface area contributed by atoms with Gasteiger partial charge in [-0.15, -0.1) is 0 Å². The van der Waals surface area contributed by atoms with Crippen LogP contribution >= 0.6 is 12.6 Å². The fraction of sp³-hybridized carbons (Fsp3) is 0.895. The quantitative estimate of drug-likeness (QED) is 0.140. The van der Waals surface area contributed by atoms with Crippen molar-refractivity contribution in [3.05, 3.63) is 0 Å². The second-order valence-electron chi connectivity index (χ2n) is 7.53. The average molecular weight is 482 g/mol. The van der Waals surface area contributed by atoms with E-state index in [1.165, 1.54) is 0 Å². The number of carboxylic acids is 1. The zero-order valence-corrected chi connectivity index (χ0v) is 21.0. The maximum atomic E-state index is 12.8. The van der Waals surface area contributed by atoms with Crippen LogP contribution in [0.1, 0.15) is 47.0 Å².